The summed E-state index contributed by atoms with van der Waals surface area (Å²) in [4.78, 5) is 0. The highest BCUT2D eigenvalue weighted by molar-refractivity contribution is 4.86. The van der Waals surface area contributed by atoms with E-state index in [1.165, 1.54) is 0 Å². The lowest BCUT2D eigenvalue weighted by Crippen LogP contribution is -2.20. The molecule has 0 amide bonds. The Hall–Kier alpha value is -0.520. The van der Waals surface area contributed by atoms with E-state index in [9.17, 15) is 0 Å². The molecule has 0 radical (unpaired) electrons. The van der Waals surface area contributed by atoms with E-state index in [4.69, 9.17) is 11.2 Å². The van der Waals surface area contributed by atoms with Crippen LogP contribution in [0.15, 0.2) is 0 Å². The zero-order valence-corrected chi connectivity index (χ0v) is 8.10. The van der Waals surface area contributed by atoms with Gasteiger partial charge in [-0.3, -0.25) is 0 Å². The largest absolute Gasteiger partial charge is 0.380 e. The molecule has 2 heteroatoms. The van der Waals surface area contributed by atoms with Gasteiger partial charge in [0.15, 0.2) is 0 Å². The third-order valence-corrected chi connectivity index (χ3v) is 1.49. The van der Waals surface area contributed by atoms with Gasteiger partial charge in [-0.05, 0) is 12.3 Å². The van der Waals surface area contributed by atoms with Crippen LogP contribution in [0.2, 0.25) is 0 Å². The number of terminal acetylenes is 1. The van der Waals surface area contributed by atoms with Gasteiger partial charge in [0.25, 0.3) is 0 Å². The number of hydrogen-bond acceptors (Lipinski definition) is 2. The lowest BCUT2D eigenvalue weighted by Gasteiger charge is -2.05. The lowest BCUT2D eigenvalue weighted by molar-refractivity contribution is 0.126. The van der Waals surface area contributed by atoms with Gasteiger partial charge in [0.1, 0.15) is 0 Å². The molecule has 0 fully saturated rings. The monoisotopic (exact) mass is 169 g/mol. The first kappa shape index (κ1) is 11.5. The molecular weight excluding hydrogens is 150 g/mol. The Labute approximate surface area is 75.7 Å². The molecule has 70 valence electrons. The molecule has 0 aromatic carbocycles. The Balaban J connectivity index is 2.87. The summed E-state index contributed by atoms with van der Waals surface area (Å²) in [6.07, 6.45) is 6.19. The van der Waals surface area contributed by atoms with Gasteiger partial charge < -0.3 is 10.1 Å². The first-order valence-electron chi connectivity index (χ1n) is 4.49. The second-order valence-electron chi connectivity index (χ2n) is 3.18. The van der Waals surface area contributed by atoms with E-state index in [2.05, 4.69) is 25.1 Å². The third kappa shape index (κ3) is 9.48. The first-order valence-corrected chi connectivity index (χ1v) is 4.49. The summed E-state index contributed by atoms with van der Waals surface area (Å²) in [5.41, 5.74) is 0. The van der Waals surface area contributed by atoms with Gasteiger partial charge in [0.05, 0.1) is 13.2 Å². The van der Waals surface area contributed by atoms with Crippen molar-refractivity contribution in [1.82, 2.24) is 5.32 Å². The minimum absolute atomic E-state index is 0.632. The molecule has 2 nitrogen and oxygen atoms in total. The van der Waals surface area contributed by atoms with Gasteiger partial charge in [-0.1, -0.05) is 19.8 Å². The van der Waals surface area contributed by atoms with Crippen molar-refractivity contribution in [1.29, 1.82) is 0 Å². The van der Waals surface area contributed by atoms with Crippen molar-refractivity contribution in [3.8, 4) is 12.3 Å². The van der Waals surface area contributed by atoms with Gasteiger partial charge >= 0.3 is 0 Å². The average Bonchev–Trinajstić information content (AvgIpc) is 2.02. The predicted octanol–water partition coefficient (Wildman–Crippen LogP) is 1.27. The standard InChI is InChI=1S/C10H19NO/c1-4-6-11-7-9-12-8-5-10(2)3/h1,10-11H,5-9H2,2-3H3. The molecule has 0 rings (SSSR count). The maximum absolute atomic E-state index is 5.36. The van der Waals surface area contributed by atoms with Crippen LogP contribution in [0.4, 0.5) is 0 Å². The molecular formula is C10H19NO. The zero-order chi connectivity index (χ0) is 9.23. The van der Waals surface area contributed by atoms with Crippen LogP contribution in [0, 0.1) is 18.3 Å². The molecule has 0 heterocycles. The van der Waals surface area contributed by atoms with Gasteiger partial charge in [-0.2, -0.15) is 0 Å². The molecule has 0 bridgehead atoms. The van der Waals surface area contributed by atoms with E-state index in [0.717, 1.165) is 32.1 Å². The molecule has 12 heavy (non-hydrogen) atoms. The van der Waals surface area contributed by atoms with Crippen LogP contribution in [0.1, 0.15) is 20.3 Å². The summed E-state index contributed by atoms with van der Waals surface area (Å²) in [6.45, 7) is 7.49. The van der Waals surface area contributed by atoms with Crippen molar-refractivity contribution in [3.05, 3.63) is 0 Å². The quantitative estimate of drug-likeness (QED) is 0.458. The Bertz CT molecular complexity index is 126. The van der Waals surface area contributed by atoms with Crippen LogP contribution in [-0.4, -0.2) is 26.3 Å². The molecule has 1 N–H and O–H groups in total. The number of nitrogens with one attached hydrogen (secondary N) is 1. The maximum atomic E-state index is 5.36. The smallest absolute Gasteiger partial charge is 0.0591 e. The van der Waals surface area contributed by atoms with Crippen LogP contribution in [0.3, 0.4) is 0 Å². The number of hydrogen-bond donors (Lipinski definition) is 1. The first-order chi connectivity index (χ1) is 5.77. The van der Waals surface area contributed by atoms with E-state index in [0.29, 0.717) is 6.54 Å². The van der Waals surface area contributed by atoms with Gasteiger partial charge in [0.2, 0.25) is 0 Å². The SMILES string of the molecule is C#CCNCCOCCC(C)C. The van der Waals surface area contributed by atoms with Gasteiger partial charge in [0, 0.05) is 13.2 Å². The second-order valence-corrected chi connectivity index (χ2v) is 3.18. The van der Waals surface area contributed by atoms with E-state index in [-0.39, 0.29) is 0 Å². The van der Waals surface area contributed by atoms with Crippen molar-refractivity contribution in [2.45, 2.75) is 20.3 Å². The third-order valence-electron chi connectivity index (χ3n) is 1.49. The van der Waals surface area contributed by atoms with Crippen LogP contribution in [0.5, 0.6) is 0 Å². The molecule has 0 aliphatic heterocycles. The number of rotatable bonds is 7. The Kier molecular flexibility index (Phi) is 8.20. The fraction of sp³-hybridized carbons (Fsp3) is 0.800. The molecule has 0 atom stereocenters. The highest BCUT2D eigenvalue weighted by Gasteiger charge is 1.92. The van der Waals surface area contributed by atoms with E-state index in [1.807, 2.05) is 0 Å². The van der Waals surface area contributed by atoms with Crippen molar-refractivity contribution in [3.63, 3.8) is 0 Å². The normalized spacial score (nSPS) is 10.2. The van der Waals surface area contributed by atoms with Crippen molar-refractivity contribution in [2.75, 3.05) is 26.3 Å². The van der Waals surface area contributed by atoms with Gasteiger partial charge in [-0.25, -0.2) is 0 Å². The van der Waals surface area contributed by atoms with E-state index < -0.39 is 0 Å². The van der Waals surface area contributed by atoms with Crippen LogP contribution < -0.4 is 5.32 Å². The van der Waals surface area contributed by atoms with Gasteiger partial charge in [-0.15, -0.1) is 6.42 Å². The molecule has 0 aliphatic rings. The molecule has 0 aliphatic carbocycles. The Morgan fingerprint density at radius 3 is 2.75 bits per heavy atom. The zero-order valence-electron chi connectivity index (χ0n) is 8.10. The minimum atomic E-state index is 0.632. The summed E-state index contributed by atoms with van der Waals surface area (Å²) >= 11 is 0. The predicted molar refractivity (Wildman–Crippen MR) is 52.0 cm³/mol. The Morgan fingerprint density at radius 2 is 2.17 bits per heavy atom. The van der Waals surface area contributed by atoms with E-state index >= 15 is 0 Å². The molecule has 0 saturated heterocycles. The fourth-order valence-electron chi connectivity index (χ4n) is 0.726. The lowest BCUT2D eigenvalue weighted by atomic mass is 10.1. The molecule has 0 saturated carbocycles. The average molecular weight is 169 g/mol. The van der Waals surface area contributed by atoms with Crippen LogP contribution in [-0.2, 0) is 4.74 Å². The minimum Gasteiger partial charge on any atom is -0.380 e. The molecule has 0 unspecified atom stereocenters. The van der Waals surface area contributed by atoms with Crippen molar-refractivity contribution >= 4 is 0 Å². The molecule has 0 spiro atoms. The molecule has 0 aromatic heterocycles. The summed E-state index contributed by atoms with van der Waals surface area (Å²) in [5.74, 6) is 3.24. The topological polar surface area (TPSA) is 21.3 Å². The summed E-state index contributed by atoms with van der Waals surface area (Å²) in [6, 6.07) is 0. The summed E-state index contributed by atoms with van der Waals surface area (Å²) in [7, 11) is 0. The highest BCUT2D eigenvalue weighted by Crippen LogP contribution is 1.97. The highest BCUT2D eigenvalue weighted by atomic mass is 16.5. The maximum Gasteiger partial charge on any atom is 0.0591 e. The summed E-state index contributed by atoms with van der Waals surface area (Å²) < 4.78 is 5.36. The van der Waals surface area contributed by atoms with Crippen LogP contribution in [0.25, 0.3) is 0 Å². The second kappa shape index (κ2) is 8.58. The van der Waals surface area contributed by atoms with E-state index in [1.54, 1.807) is 0 Å². The van der Waals surface area contributed by atoms with Crippen molar-refractivity contribution in [2.24, 2.45) is 5.92 Å². The fourth-order valence-corrected chi connectivity index (χ4v) is 0.726. The van der Waals surface area contributed by atoms with Crippen molar-refractivity contribution < 1.29 is 4.74 Å². The number of ether oxygens (including phenoxy) is 1. The summed E-state index contributed by atoms with van der Waals surface area (Å²) in [5, 5.41) is 3.06. The Morgan fingerprint density at radius 1 is 1.42 bits per heavy atom. The van der Waals surface area contributed by atoms with Crippen LogP contribution >= 0.6 is 0 Å². The molecule has 0 aromatic rings.